The lowest BCUT2D eigenvalue weighted by Gasteiger charge is -2.33. The second kappa shape index (κ2) is 8.53. The molecule has 0 aromatic heterocycles. The van der Waals surface area contributed by atoms with E-state index in [2.05, 4.69) is 5.32 Å². The summed E-state index contributed by atoms with van der Waals surface area (Å²) in [6, 6.07) is 16.7. The number of anilines is 3. The van der Waals surface area contributed by atoms with Crippen LogP contribution >= 0.6 is 11.8 Å². The number of amides is 3. The molecule has 5 rings (SSSR count). The Morgan fingerprint density at radius 2 is 1.74 bits per heavy atom. The molecule has 178 valence electrons. The molecule has 0 radical (unpaired) electrons. The molecule has 3 amide bonds. The highest BCUT2D eigenvalue weighted by atomic mass is 32.2. The second-order valence-corrected chi connectivity index (χ2v) is 10.0. The van der Waals surface area contributed by atoms with E-state index in [-0.39, 0.29) is 30.0 Å². The van der Waals surface area contributed by atoms with Gasteiger partial charge in [-0.1, -0.05) is 24.3 Å². The van der Waals surface area contributed by atoms with Gasteiger partial charge < -0.3 is 5.32 Å². The minimum atomic E-state index is -1.35. The summed E-state index contributed by atoms with van der Waals surface area (Å²) in [5, 5.41) is 2.88. The second-order valence-electron chi connectivity index (χ2n) is 8.85. The average molecular weight is 490 g/mol. The van der Waals surface area contributed by atoms with Gasteiger partial charge in [0, 0.05) is 16.9 Å². The molecule has 1 saturated heterocycles. The number of nitrogens with one attached hydrogen (secondary N) is 1. The number of nitrogens with zero attached hydrogens (tertiary/aromatic N) is 2. The Bertz CT molecular complexity index is 1370. The van der Waals surface area contributed by atoms with E-state index in [0.717, 1.165) is 16.7 Å². The van der Waals surface area contributed by atoms with E-state index in [0.29, 0.717) is 22.6 Å². The molecule has 1 fully saturated rings. The van der Waals surface area contributed by atoms with Crippen molar-refractivity contribution in [1.82, 2.24) is 0 Å². The van der Waals surface area contributed by atoms with Gasteiger partial charge in [0.25, 0.3) is 5.91 Å². The summed E-state index contributed by atoms with van der Waals surface area (Å²) in [6.45, 7) is 5.65. The fourth-order valence-corrected chi connectivity index (χ4v) is 6.10. The fourth-order valence-electron chi connectivity index (χ4n) is 4.75. The van der Waals surface area contributed by atoms with E-state index in [1.165, 1.54) is 45.8 Å². The van der Waals surface area contributed by atoms with Gasteiger partial charge in [0.05, 0.1) is 11.4 Å². The van der Waals surface area contributed by atoms with Crippen molar-refractivity contribution >= 4 is 46.5 Å². The molecule has 0 saturated carbocycles. The number of carbonyl (C=O) groups excluding carboxylic acids is 3. The van der Waals surface area contributed by atoms with Crippen molar-refractivity contribution in [1.29, 1.82) is 0 Å². The molecule has 2 aliphatic rings. The van der Waals surface area contributed by atoms with Crippen molar-refractivity contribution in [2.24, 2.45) is 0 Å². The van der Waals surface area contributed by atoms with E-state index in [1.54, 1.807) is 0 Å². The van der Waals surface area contributed by atoms with Crippen LogP contribution in [0.25, 0.3) is 0 Å². The van der Waals surface area contributed by atoms with Crippen LogP contribution in [0.4, 0.5) is 21.5 Å². The molecule has 35 heavy (non-hydrogen) atoms. The lowest BCUT2D eigenvalue weighted by atomic mass is 10.0. The molecule has 0 bridgehead atoms. The van der Waals surface area contributed by atoms with Crippen molar-refractivity contribution < 1.29 is 18.8 Å². The van der Waals surface area contributed by atoms with Crippen molar-refractivity contribution in [3.8, 4) is 0 Å². The first kappa shape index (κ1) is 23.1. The molecule has 8 heteroatoms. The molecule has 6 nitrogen and oxygen atoms in total. The minimum Gasteiger partial charge on any atom is -0.325 e. The van der Waals surface area contributed by atoms with Gasteiger partial charge in [0.1, 0.15) is 12.4 Å². The Labute approximate surface area is 207 Å². The van der Waals surface area contributed by atoms with Crippen LogP contribution in [0.15, 0.2) is 60.7 Å². The third kappa shape index (κ3) is 3.69. The minimum absolute atomic E-state index is 0.0964. The summed E-state index contributed by atoms with van der Waals surface area (Å²) in [4.78, 5) is 41.7. The summed E-state index contributed by atoms with van der Waals surface area (Å²) in [6.07, 6.45) is 0. The monoisotopic (exact) mass is 489 g/mol. The number of benzene rings is 3. The zero-order chi connectivity index (χ0) is 24.9. The van der Waals surface area contributed by atoms with Gasteiger partial charge in [-0.25, -0.2) is 4.39 Å². The third-order valence-corrected chi connectivity index (χ3v) is 7.94. The molecular weight excluding hydrogens is 465 g/mol. The van der Waals surface area contributed by atoms with E-state index >= 15 is 0 Å². The summed E-state index contributed by atoms with van der Waals surface area (Å²) in [5.41, 5.74) is 5.37. The number of carbonyl (C=O) groups is 3. The highest BCUT2D eigenvalue weighted by Gasteiger charge is 2.61. The predicted octanol–water partition coefficient (Wildman–Crippen LogP) is 4.67. The van der Waals surface area contributed by atoms with E-state index in [9.17, 15) is 18.8 Å². The van der Waals surface area contributed by atoms with Crippen LogP contribution in [0.5, 0.6) is 0 Å². The summed E-state index contributed by atoms with van der Waals surface area (Å²) < 4.78 is 13.6. The van der Waals surface area contributed by atoms with E-state index in [4.69, 9.17) is 0 Å². The third-order valence-electron chi connectivity index (χ3n) is 6.55. The zero-order valence-corrected chi connectivity index (χ0v) is 20.4. The number of aryl methyl sites for hydroxylation is 3. The van der Waals surface area contributed by atoms with Crippen LogP contribution in [0.3, 0.4) is 0 Å². The molecule has 1 atom stereocenters. The van der Waals surface area contributed by atoms with Gasteiger partial charge in [-0.2, -0.15) is 0 Å². The molecule has 1 N–H and O–H groups in total. The number of hydrogen-bond acceptors (Lipinski definition) is 4. The Hall–Kier alpha value is -3.65. The fraction of sp³-hybridized carbons (Fsp3) is 0.222. The average Bonchev–Trinajstić information content (AvgIpc) is 3.28. The van der Waals surface area contributed by atoms with Gasteiger partial charge in [0.2, 0.25) is 16.7 Å². The lowest BCUT2D eigenvalue weighted by Crippen LogP contribution is -2.50. The Morgan fingerprint density at radius 1 is 1.00 bits per heavy atom. The zero-order valence-electron chi connectivity index (χ0n) is 19.6. The largest absolute Gasteiger partial charge is 0.325 e. The van der Waals surface area contributed by atoms with E-state index < -0.39 is 10.7 Å². The maximum atomic E-state index is 14.1. The van der Waals surface area contributed by atoms with Gasteiger partial charge in [-0.3, -0.25) is 24.2 Å². The summed E-state index contributed by atoms with van der Waals surface area (Å²) in [5.74, 6) is -1.28. The van der Waals surface area contributed by atoms with Gasteiger partial charge in [0.15, 0.2) is 0 Å². The smallest absolute Gasteiger partial charge is 0.269 e. The number of fused-ring (bicyclic) bond motifs is 2. The maximum absolute atomic E-state index is 14.1. The maximum Gasteiger partial charge on any atom is 0.269 e. The van der Waals surface area contributed by atoms with Gasteiger partial charge in [-0.05, 0) is 73.9 Å². The van der Waals surface area contributed by atoms with Crippen molar-refractivity contribution in [3.05, 3.63) is 88.7 Å². The molecule has 0 unspecified atom stereocenters. The number of hydrogen-bond donors (Lipinski definition) is 1. The number of para-hydroxylation sites is 1. The standard InChI is InChI=1S/C27H24FN3O3S/c1-16-7-10-20(13-18(16)3)29-23(32)14-30-25-17(2)5-4-6-22(25)27(26(30)34)31(24(33)15-35-27)21-11-8-19(28)9-12-21/h4-13H,14-15H2,1-3H3,(H,29,32)/t27-/m1/s1. The van der Waals surface area contributed by atoms with Gasteiger partial charge >= 0.3 is 0 Å². The van der Waals surface area contributed by atoms with Crippen molar-refractivity contribution in [2.75, 3.05) is 27.4 Å². The quantitative estimate of drug-likeness (QED) is 0.578. The van der Waals surface area contributed by atoms with Crippen molar-refractivity contribution in [2.45, 2.75) is 25.6 Å². The van der Waals surface area contributed by atoms with Crippen LogP contribution < -0.4 is 15.1 Å². The lowest BCUT2D eigenvalue weighted by molar-refractivity contribution is -0.124. The van der Waals surface area contributed by atoms with Crippen LogP contribution in [-0.4, -0.2) is 30.0 Å². The summed E-state index contributed by atoms with van der Waals surface area (Å²) >= 11 is 1.23. The topological polar surface area (TPSA) is 69.7 Å². The Morgan fingerprint density at radius 3 is 2.46 bits per heavy atom. The Balaban J connectivity index is 1.53. The van der Waals surface area contributed by atoms with Crippen LogP contribution in [-0.2, 0) is 19.3 Å². The SMILES string of the molecule is Cc1ccc(NC(=O)CN2C(=O)[C@]3(SCC(=O)N3c3ccc(F)cc3)c3cccc(C)c32)cc1C. The molecule has 3 aromatic carbocycles. The summed E-state index contributed by atoms with van der Waals surface area (Å²) in [7, 11) is 0. The highest BCUT2D eigenvalue weighted by Crippen LogP contribution is 2.56. The predicted molar refractivity (Wildman–Crippen MR) is 136 cm³/mol. The normalized spacial score (nSPS) is 19.0. The van der Waals surface area contributed by atoms with Crippen LogP contribution in [0, 0.1) is 26.6 Å². The number of rotatable bonds is 4. The van der Waals surface area contributed by atoms with Gasteiger partial charge in [-0.15, -0.1) is 11.8 Å². The molecular formula is C27H24FN3O3S. The molecule has 2 aliphatic heterocycles. The first-order valence-electron chi connectivity index (χ1n) is 11.2. The van der Waals surface area contributed by atoms with Crippen LogP contribution in [0.1, 0.15) is 22.3 Å². The number of halogens is 1. The van der Waals surface area contributed by atoms with Crippen molar-refractivity contribution in [3.63, 3.8) is 0 Å². The molecule has 2 heterocycles. The highest BCUT2D eigenvalue weighted by molar-refractivity contribution is 8.02. The van der Waals surface area contributed by atoms with Crippen LogP contribution in [0.2, 0.25) is 0 Å². The molecule has 1 spiro atoms. The first-order chi connectivity index (χ1) is 16.7. The molecule has 0 aliphatic carbocycles. The Kier molecular flexibility index (Phi) is 5.63. The van der Waals surface area contributed by atoms with E-state index in [1.807, 2.05) is 57.2 Å². The molecule has 3 aromatic rings. The number of thioether (sulfide) groups is 1. The first-order valence-corrected chi connectivity index (χ1v) is 12.2.